The molecule has 5 nitrogen and oxygen atoms in total. The van der Waals surface area contributed by atoms with Crippen molar-refractivity contribution < 1.29 is 14.6 Å². The molecule has 0 aliphatic rings. The number of amides is 1. The first-order valence-electron chi connectivity index (χ1n) is 5.55. The van der Waals surface area contributed by atoms with Crippen LogP contribution in [0.5, 0.6) is 5.88 Å². The van der Waals surface area contributed by atoms with Crippen LogP contribution in [0.2, 0.25) is 0 Å². The van der Waals surface area contributed by atoms with E-state index in [0.29, 0.717) is 25.3 Å². The lowest BCUT2D eigenvalue weighted by atomic mass is 10.2. The number of methoxy groups -OCH3 is 1. The Kier molecular flexibility index (Phi) is 5.42. The maximum absolute atomic E-state index is 11.4. The Morgan fingerprint density at radius 2 is 2.35 bits per heavy atom. The number of pyridine rings is 1. The van der Waals surface area contributed by atoms with Gasteiger partial charge in [0, 0.05) is 25.2 Å². The smallest absolute Gasteiger partial charge is 0.220 e. The zero-order valence-electron chi connectivity index (χ0n) is 10.1. The highest BCUT2D eigenvalue weighted by atomic mass is 16.5. The molecule has 1 rings (SSSR count). The van der Waals surface area contributed by atoms with Crippen molar-refractivity contribution >= 4 is 5.91 Å². The molecule has 1 aromatic heterocycles. The molecular formula is C12H18N2O3. The topological polar surface area (TPSA) is 71.5 Å². The van der Waals surface area contributed by atoms with Gasteiger partial charge < -0.3 is 15.2 Å². The third-order valence-corrected chi connectivity index (χ3v) is 2.29. The molecule has 0 aliphatic carbocycles. The molecule has 0 spiro atoms. The van der Waals surface area contributed by atoms with Crippen LogP contribution < -0.4 is 10.1 Å². The van der Waals surface area contributed by atoms with Gasteiger partial charge in [-0.3, -0.25) is 4.79 Å². The number of nitrogens with zero attached hydrogens (tertiary/aromatic N) is 1. The average Bonchev–Trinajstić information content (AvgIpc) is 2.34. The Labute approximate surface area is 101 Å². The van der Waals surface area contributed by atoms with Gasteiger partial charge in [-0.15, -0.1) is 0 Å². The number of ether oxygens (including phenoxy) is 1. The summed E-state index contributed by atoms with van der Waals surface area (Å²) in [6, 6.07) is 3.60. The fourth-order valence-electron chi connectivity index (χ4n) is 1.27. The van der Waals surface area contributed by atoms with E-state index in [2.05, 4.69) is 10.3 Å². The predicted molar refractivity (Wildman–Crippen MR) is 63.6 cm³/mol. The van der Waals surface area contributed by atoms with Crippen LogP contribution in [0.15, 0.2) is 18.3 Å². The first kappa shape index (κ1) is 13.4. The van der Waals surface area contributed by atoms with E-state index in [1.807, 2.05) is 6.07 Å². The Bertz CT molecular complexity index is 349. The molecule has 0 fully saturated rings. The SMILES string of the molecule is COc1ccc(CNC(=O)CCC(C)O)cn1. The van der Waals surface area contributed by atoms with Gasteiger partial charge in [-0.25, -0.2) is 4.98 Å². The second-order valence-corrected chi connectivity index (χ2v) is 3.87. The molecule has 17 heavy (non-hydrogen) atoms. The minimum Gasteiger partial charge on any atom is -0.481 e. The summed E-state index contributed by atoms with van der Waals surface area (Å²) < 4.78 is 4.93. The second-order valence-electron chi connectivity index (χ2n) is 3.87. The predicted octanol–water partition coefficient (Wildman–Crippen LogP) is 0.867. The molecule has 0 bridgehead atoms. The Morgan fingerprint density at radius 1 is 1.59 bits per heavy atom. The minimum atomic E-state index is -0.441. The zero-order chi connectivity index (χ0) is 12.7. The number of hydrogen-bond donors (Lipinski definition) is 2. The van der Waals surface area contributed by atoms with Gasteiger partial charge in [0.2, 0.25) is 11.8 Å². The van der Waals surface area contributed by atoms with E-state index >= 15 is 0 Å². The highest BCUT2D eigenvalue weighted by Gasteiger charge is 2.04. The largest absolute Gasteiger partial charge is 0.481 e. The number of carbonyl (C=O) groups is 1. The van der Waals surface area contributed by atoms with Crippen LogP contribution in [0.4, 0.5) is 0 Å². The third-order valence-electron chi connectivity index (χ3n) is 2.29. The molecule has 0 aromatic carbocycles. The Hall–Kier alpha value is -1.62. The number of aliphatic hydroxyl groups is 1. The van der Waals surface area contributed by atoms with Crippen molar-refractivity contribution in [2.24, 2.45) is 0 Å². The molecule has 1 heterocycles. The fourth-order valence-corrected chi connectivity index (χ4v) is 1.27. The number of rotatable bonds is 6. The van der Waals surface area contributed by atoms with E-state index in [-0.39, 0.29) is 5.91 Å². The van der Waals surface area contributed by atoms with Gasteiger partial charge in [-0.05, 0) is 18.9 Å². The average molecular weight is 238 g/mol. The molecule has 0 aliphatic heterocycles. The molecule has 0 saturated carbocycles. The van der Waals surface area contributed by atoms with Gasteiger partial charge in [-0.1, -0.05) is 6.07 Å². The van der Waals surface area contributed by atoms with E-state index < -0.39 is 6.10 Å². The van der Waals surface area contributed by atoms with Crippen molar-refractivity contribution in [2.75, 3.05) is 7.11 Å². The Morgan fingerprint density at radius 3 is 2.88 bits per heavy atom. The second kappa shape index (κ2) is 6.85. The van der Waals surface area contributed by atoms with E-state index in [9.17, 15) is 4.79 Å². The van der Waals surface area contributed by atoms with Crippen LogP contribution in [0.25, 0.3) is 0 Å². The molecule has 5 heteroatoms. The van der Waals surface area contributed by atoms with Gasteiger partial charge in [0.1, 0.15) is 0 Å². The van der Waals surface area contributed by atoms with E-state index in [4.69, 9.17) is 9.84 Å². The number of carbonyl (C=O) groups excluding carboxylic acids is 1. The maximum atomic E-state index is 11.4. The summed E-state index contributed by atoms with van der Waals surface area (Å²) in [6.07, 6.45) is 2.03. The molecule has 0 saturated heterocycles. The normalized spacial score (nSPS) is 11.9. The van der Waals surface area contributed by atoms with Gasteiger partial charge in [-0.2, -0.15) is 0 Å². The monoisotopic (exact) mass is 238 g/mol. The quantitative estimate of drug-likeness (QED) is 0.771. The summed E-state index contributed by atoms with van der Waals surface area (Å²) in [6.45, 7) is 2.11. The van der Waals surface area contributed by atoms with Crippen molar-refractivity contribution in [3.05, 3.63) is 23.9 Å². The van der Waals surface area contributed by atoms with Crippen LogP contribution in [0.1, 0.15) is 25.3 Å². The number of hydrogen-bond acceptors (Lipinski definition) is 4. The fraction of sp³-hybridized carbons (Fsp3) is 0.500. The lowest BCUT2D eigenvalue weighted by molar-refractivity contribution is -0.121. The van der Waals surface area contributed by atoms with Crippen LogP contribution in [-0.2, 0) is 11.3 Å². The lowest BCUT2D eigenvalue weighted by Crippen LogP contribution is -2.23. The van der Waals surface area contributed by atoms with Crippen LogP contribution >= 0.6 is 0 Å². The lowest BCUT2D eigenvalue weighted by Gasteiger charge is -2.06. The third kappa shape index (κ3) is 5.31. The van der Waals surface area contributed by atoms with E-state index in [0.717, 1.165) is 5.56 Å². The van der Waals surface area contributed by atoms with Gasteiger partial charge in [0.25, 0.3) is 0 Å². The van der Waals surface area contributed by atoms with Crippen molar-refractivity contribution in [2.45, 2.75) is 32.4 Å². The summed E-state index contributed by atoms with van der Waals surface area (Å²) in [7, 11) is 1.56. The molecular weight excluding hydrogens is 220 g/mol. The van der Waals surface area contributed by atoms with Crippen molar-refractivity contribution in [1.29, 1.82) is 0 Å². The van der Waals surface area contributed by atoms with Crippen LogP contribution in [0.3, 0.4) is 0 Å². The van der Waals surface area contributed by atoms with Gasteiger partial charge in [0.15, 0.2) is 0 Å². The highest BCUT2D eigenvalue weighted by Crippen LogP contribution is 2.06. The molecule has 2 N–H and O–H groups in total. The van der Waals surface area contributed by atoms with Crippen LogP contribution in [-0.4, -0.2) is 29.2 Å². The Balaban J connectivity index is 2.31. The molecule has 94 valence electrons. The van der Waals surface area contributed by atoms with E-state index in [1.165, 1.54) is 0 Å². The summed E-state index contributed by atoms with van der Waals surface area (Å²) in [5.41, 5.74) is 0.913. The molecule has 1 unspecified atom stereocenters. The highest BCUT2D eigenvalue weighted by molar-refractivity contribution is 5.75. The number of nitrogens with one attached hydrogen (secondary N) is 1. The molecule has 1 atom stereocenters. The summed E-state index contributed by atoms with van der Waals surface area (Å²) in [5, 5.41) is 11.8. The van der Waals surface area contributed by atoms with Crippen molar-refractivity contribution in [3.63, 3.8) is 0 Å². The molecule has 1 amide bonds. The van der Waals surface area contributed by atoms with Crippen LogP contribution in [0, 0.1) is 0 Å². The zero-order valence-corrected chi connectivity index (χ0v) is 10.1. The van der Waals surface area contributed by atoms with E-state index in [1.54, 1.807) is 26.3 Å². The van der Waals surface area contributed by atoms with Gasteiger partial charge in [0.05, 0.1) is 13.2 Å². The molecule has 1 aromatic rings. The summed E-state index contributed by atoms with van der Waals surface area (Å²) >= 11 is 0. The standard InChI is InChI=1S/C12H18N2O3/c1-9(15)3-5-11(16)13-7-10-4-6-12(17-2)14-8-10/h4,6,8-9,15H,3,5,7H2,1-2H3,(H,13,16). The number of aliphatic hydroxyl groups excluding tert-OH is 1. The first-order valence-corrected chi connectivity index (χ1v) is 5.55. The van der Waals surface area contributed by atoms with Crippen molar-refractivity contribution in [1.82, 2.24) is 10.3 Å². The molecule has 0 radical (unpaired) electrons. The van der Waals surface area contributed by atoms with Crippen molar-refractivity contribution in [3.8, 4) is 5.88 Å². The maximum Gasteiger partial charge on any atom is 0.220 e. The minimum absolute atomic E-state index is 0.0679. The summed E-state index contributed by atoms with van der Waals surface area (Å²) in [4.78, 5) is 15.4. The number of aromatic nitrogens is 1. The van der Waals surface area contributed by atoms with Gasteiger partial charge >= 0.3 is 0 Å². The first-order chi connectivity index (χ1) is 8.11. The summed E-state index contributed by atoms with van der Waals surface area (Å²) in [5.74, 6) is 0.482.